The van der Waals surface area contributed by atoms with E-state index in [2.05, 4.69) is 19.9 Å². The van der Waals surface area contributed by atoms with Gasteiger partial charge < -0.3 is 5.73 Å². The van der Waals surface area contributed by atoms with Crippen molar-refractivity contribution in [3.8, 4) is 0 Å². The summed E-state index contributed by atoms with van der Waals surface area (Å²) in [4.78, 5) is 3.76. The Kier molecular flexibility index (Phi) is 2.64. The van der Waals surface area contributed by atoms with Gasteiger partial charge in [0, 0.05) is 5.56 Å². The molecule has 0 radical (unpaired) electrons. The number of aliphatic imine (C=N–C) groups is 1. The fourth-order valence-electron chi connectivity index (χ4n) is 2.09. The number of alkyl halides is 2. The molecular weight excluding hydrogens is 272 g/mol. The average molecular weight is 281 g/mol. The van der Waals surface area contributed by atoms with E-state index in [1.165, 1.54) is 12.1 Å². The van der Waals surface area contributed by atoms with Gasteiger partial charge in [-0.15, -0.1) is 0 Å². The van der Waals surface area contributed by atoms with Crippen molar-refractivity contribution in [2.24, 2.45) is 4.99 Å². The molecule has 0 spiro atoms. The van der Waals surface area contributed by atoms with Crippen LogP contribution in [0.4, 0.5) is 14.6 Å². The molecule has 1 aromatic heterocycles. The number of fused-ring (bicyclic) bond motifs is 1. The zero-order chi connectivity index (χ0) is 14.3. The first-order valence-corrected chi connectivity index (χ1v) is 5.59. The number of hydrogen-bond donors (Lipinski definition) is 3. The fourth-order valence-corrected chi connectivity index (χ4v) is 2.09. The number of hydrogen-bond acceptors (Lipinski definition) is 6. The Morgan fingerprint density at radius 2 is 2.15 bits per heavy atom. The van der Waals surface area contributed by atoms with E-state index in [0.29, 0.717) is 5.56 Å². The Bertz CT molecular complexity index is 685. The fraction of sp³-hybridized carbons (Fsp3) is 0.182. The average Bonchev–Trinajstić information content (AvgIpc) is 2.86. The molecule has 1 unspecified atom stereocenters. The highest BCUT2D eigenvalue weighted by Crippen LogP contribution is 2.54. The van der Waals surface area contributed by atoms with Gasteiger partial charge in [0.15, 0.2) is 17.3 Å². The lowest BCUT2D eigenvalue weighted by Gasteiger charge is -2.36. The van der Waals surface area contributed by atoms with Crippen LogP contribution >= 0.6 is 0 Å². The number of anilines is 1. The lowest BCUT2D eigenvalue weighted by Crippen LogP contribution is -2.37. The molecule has 7 nitrogen and oxygen atoms in total. The maximum atomic E-state index is 13.9. The Morgan fingerprint density at radius 3 is 2.80 bits per heavy atom. The van der Waals surface area contributed by atoms with Crippen LogP contribution in [-0.4, -0.2) is 21.4 Å². The first kappa shape index (κ1) is 12.5. The second-order valence-electron chi connectivity index (χ2n) is 4.20. The minimum Gasteiger partial charge on any atom is -0.379 e. The van der Waals surface area contributed by atoms with Crippen molar-refractivity contribution in [2.75, 3.05) is 5.73 Å². The number of rotatable bonds is 2. The van der Waals surface area contributed by atoms with Crippen LogP contribution in [0.1, 0.15) is 22.9 Å². The van der Waals surface area contributed by atoms with Gasteiger partial charge in [-0.25, -0.2) is 9.62 Å². The Balaban J connectivity index is 2.02. The second kappa shape index (κ2) is 4.23. The van der Waals surface area contributed by atoms with Gasteiger partial charge in [-0.05, 0) is 15.9 Å². The smallest absolute Gasteiger partial charge is 0.299 e. The Hall–Kier alpha value is -2.55. The topological polar surface area (TPSA) is 110 Å². The van der Waals surface area contributed by atoms with Crippen LogP contribution in [0.3, 0.4) is 0 Å². The van der Waals surface area contributed by atoms with Gasteiger partial charge >= 0.3 is 0 Å². The summed E-state index contributed by atoms with van der Waals surface area (Å²) in [6, 6.07) is 4.61. The van der Waals surface area contributed by atoms with E-state index >= 15 is 0 Å². The third kappa shape index (κ3) is 1.63. The highest BCUT2D eigenvalue weighted by molar-refractivity contribution is 5.99. The molecule has 4 N–H and O–H groups in total. The van der Waals surface area contributed by atoms with Crippen LogP contribution in [0.15, 0.2) is 33.9 Å². The molecule has 3 rings (SSSR count). The van der Waals surface area contributed by atoms with Crippen LogP contribution in [0.25, 0.3) is 0 Å². The van der Waals surface area contributed by atoms with Gasteiger partial charge in [-0.2, -0.15) is 8.78 Å². The normalized spacial score (nSPS) is 20.1. The van der Waals surface area contributed by atoms with Crippen molar-refractivity contribution in [1.29, 1.82) is 0 Å². The van der Waals surface area contributed by atoms with Crippen molar-refractivity contribution in [1.82, 2.24) is 15.8 Å². The molecule has 0 saturated heterocycles. The van der Waals surface area contributed by atoms with Crippen LogP contribution in [-0.2, 0) is 5.92 Å². The van der Waals surface area contributed by atoms with Crippen molar-refractivity contribution in [3.05, 3.63) is 41.1 Å². The first-order valence-electron chi connectivity index (χ1n) is 5.59. The number of nitrogen functional groups attached to an aromatic ring is 1. The van der Waals surface area contributed by atoms with Gasteiger partial charge in [0.05, 0.1) is 0 Å². The zero-order valence-corrected chi connectivity index (χ0v) is 9.92. The SMILES string of the molecule is Nc1nonc1C(=NC1c2ccccc2C1(F)F)NO. The highest BCUT2D eigenvalue weighted by Gasteiger charge is 2.54. The van der Waals surface area contributed by atoms with Gasteiger partial charge in [0.2, 0.25) is 0 Å². The van der Waals surface area contributed by atoms with Crippen LogP contribution in [0, 0.1) is 0 Å². The highest BCUT2D eigenvalue weighted by atomic mass is 19.3. The number of amidine groups is 1. The van der Waals surface area contributed by atoms with Crippen LogP contribution in [0.5, 0.6) is 0 Å². The summed E-state index contributed by atoms with van der Waals surface area (Å²) in [5.74, 6) is -3.62. The molecule has 1 aliphatic carbocycles. The minimum atomic E-state index is -3.12. The summed E-state index contributed by atoms with van der Waals surface area (Å²) < 4.78 is 32.2. The Morgan fingerprint density at radius 1 is 1.40 bits per heavy atom. The standard InChI is InChI=1S/C11H9F2N5O2/c12-11(13)6-4-2-1-3-5(6)8(11)15-10(16-19)7-9(14)18-20-17-7/h1-4,8,19H,(H2,14,18)(H,15,16). The van der Waals surface area contributed by atoms with E-state index < -0.39 is 12.0 Å². The van der Waals surface area contributed by atoms with Gasteiger partial charge in [-0.1, -0.05) is 24.3 Å². The van der Waals surface area contributed by atoms with Crippen molar-refractivity contribution >= 4 is 11.7 Å². The Labute approximate surface area is 111 Å². The number of nitrogens with one attached hydrogen (secondary N) is 1. The molecule has 9 heteroatoms. The summed E-state index contributed by atoms with van der Waals surface area (Å²) in [7, 11) is 0. The van der Waals surface area contributed by atoms with E-state index in [1.54, 1.807) is 17.6 Å². The summed E-state index contributed by atoms with van der Waals surface area (Å²) in [6.45, 7) is 0. The molecule has 1 atom stereocenters. The van der Waals surface area contributed by atoms with E-state index in [0.717, 1.165) is 0 Å². The molecule has 2 aromatic rings. The summed E-state index contributed by atoms with van der Waals surface area (Å²) >= 11 is 0. The summed E-state index contributed by atoms with van der Waals surface area (Å²) in [5, 5.41) is 15.7. The molecule has 0 fully saturated rings. The lowest BCUT2D eigenvalue weighted by atomic mass is 9.79. The predicted molar refractivity (Wildman–Crippen MR) is 63.2 cm³/mol. The third-order valence-corrected chi connectivity index (χ3v) is 3.06. The number of benzene rings is 1. The lowest BCUT2D eigenvalue weighted by molar-refractivity contribution is -0.0595. The molecule has 0 saturated carbocycles. The molecule has 0 aliphatic heterocycles. The minimum absolute atomic E-state index is 0.0858. The molecule has 20 heavy (non-hydrogen) atoms. The molecule has 1 aromatic carbocycles. The van der Waals surface area contributed by atoms with E-state index in [-0.39, 0.29) is 22.9 Å². The summed E-state index contributed by atoms with van der Waals surface area (Å²) in [6.07, 6.45) is 0. The molecule has 1 aliphatic rings. The third-order valence-electron chi connectivity index (χ3n) is 3.06. The second-order valence-corrected chi connectivity index (χ2v) is 4.20. The van der Waals surface area contributed by atoms with E-state index in [4.69, 9.17) is 10.9 Å². The van der Waals surface area contributed by atoms with E-state index in [1.807, 2.05) is 0 Å². The maximum absolute atomic E-state index is 13.9. The van der Waals surface area contributed by atoms with Crippen LogP contribution in [0.2, 0.25) is 0 Å². The number of hydroxylamine groups is 1. The number of nitrogens with zero attached hydrogens (tertiary/aromatic N) is 3. The van der Waals surface area contributed by atoms with Gasteiger partial charge in [0.1, 0.15) is 6.04 Å². The zero-order valence-electron chi connectivity index (χ0n) is 9.92. The molecule has 0 bridgehead atoms. The number of halogens is 2. The van der Waals surface area contributed by atoms with Gasteiger partial charge in [-0.3, -0.25) is 10.7 Å². The first-order chi connectivity index (χ1) is 9.55. The largest absolute Gasteiger partial charge is 0.379 e. The van der Waals surface area contributed by atoms with Crippen molar-refractivity contribution in [2.45, 2.75) is 12.0 Å². The quantitative estimate of drug-likeness (QED) is 0.434. The molecular formula is C11H9F2N5O2. The van der Waals surface area contributed by atoms with Crippen molar-refractivity contribution < 1.29 is 18.6 Å². The summed E-state index contributed by atoms with van der Waals surface area (Å²) in [5.41, 5.74) is 7.27. The molecule has 0 amide bonds. The predicted octanol–water partition coefficient (Wildman–Crippen LogP) is 1.22. The maximum Gasteiger partial charge on any atom is 0.299 e. The van der Waals surface area contributed by atoms with Crippen LogP contribution < -0.4 is 11.2 Å². The monoisotopic (exact) mass is 281 g/mol. The molecule has 104 valence electrons. The van der Waals surface area contributed by atoms with Gasteiger partial charge in [0.25, 0.3) is 5.92 Å². The van der Waals surface area contributed by atoms with E-state index in [9.17, 15) is 8.78 Å². The number of aromatic nitrogens is 2. The number of nitrogens with two attached hydrogens (primary N) is 1. The molecule has 1 heterocycles. The van der Waals surface area contributed by atoms with Crippen molar-refractivity contribution in [3.63, 3.8) is 0 Å².